The average molecular weight is 370 g/mol. The Balaban J connectivity index is 5.31. The monoisotopic (exact) mass is 370 g/mol. The highest BCUT2D eigenvalue weighted by Crippen LogP contribution is 2.54. The van der Waals surface area contributed by atoms with Crippen LogP contribution in [0.15, 0.2) is 0 Å². The molecule has 2 nitrogen and oxygen atoms in total. The van der Waals surface area contributed by atoms with E-state index in [1.165, 1.54) is 0 Å². The third-order valence-corrected chi connectivity index (χ3v) is 2.54. The number of hydrogen-bond donors (Lipinski definition) is 0. The van der Waals surface area contributed by atoms with Gasteiger partial charge in [0.25, 0.3) is 0 Å². The average Bonchev–Trinajstić information content (AvgIpc) is 2.35. The van der Waals surface area contributed by atoms with Gasteiger partial charge < -0.3 is 4.74 Å². The predicted octanol–water partition coefficient (Wildman–Crippen LogP) is 4.43. The van der Waals surface area contributed by atoms with Gasteiger partial charge in [0.05, 0.1) is 6.61 Å². The van der Waals surface area contributed by atoms with E-state index in [0.717, 1.165) is 6.92 Å². The first kappa shape index (κ1) is 21.7. The molecule has 0 saturated heterocycles. The molecule has 0 atom stereocenters. The summed E-state index contributed by atoms with van der Waals surface area (Å²) >= 11 is 0. The number of alkyl halides is 11. The van der Waals surface area contributed by atoms with Crippen molar-refractivity contribution < 1.29 is 57.8 Å². The van der Waals surface area contributed by atoms with Crippen LogP contribution in [0.5, 0.6) is 0 Å². The van der Waals surface area contributed by atoms with Crippen molar-refractivity contribution in [1.82, 2.24) is 0 Å². The first-order valence-corrected chi connectivity index (χ1v) is 5.69. The molecule has 13 heteroatoms. The summed E-state index contributed by atoms with van der Waals surface area (Å²) in [5, 5.41) is 0. The second-order valence-electron chi connectivity index (χ2n) is 4.28. The SMILES string of the molecule is CCOC(=O)C(F)(F)CCC(F)(F)C(F)(F)C(F)(F)C(F)(F)F. The van der Waals surface area contributed by atoms with Crippen LogP contribution in [-0.2, 0) is 9.53 Å². The topological polar surface area (TPSA) is 26.3 Å². The first-order valence-electron chi connectivity index (χ1n) is 5.69. The van der Waals surface area contributed by atoms with E-state index in [-0.39, 0.29) is 0 Å². The lowest BCUT2D eigenvalue weighted by Gasteiger charge is -2.34. The fourth-order valence-corrected chi connectivity index (χ4v) is 1.22. The lowest BCUT2D eigenvalue weighted by Crippen LogP contribution is -2.61. The third kappa shape index (κ3) is 4.16. The minimum absolute atomic E-state index is 0.632. The molecule has 0 aromatic rings. The van der Waals surface area contributed by atoms with Gasteiger partial charge in [-0.2, -0.15) is 48.3 Å². The molecule has 0 aliphatic carbocycles. The smallest absolute Gasteiger partial charge is 0.460 e. The number of ether oxygens (including phenoxy) is 1. The summed E-state index contributed by atoms with van der Waals surface area (Å²) in [7, 11) is 0. The standard InChI is InChI=1S/C10H9F11O2/c1-2-23-5(22)6(11,12)3-4-7(13,14)8(15,16)9(17,18)10(19,20)21/h2-4H2,1H3. The van der Waals surface area contributed by atoms with Crippen molar-refractivity contribution in [2.24, 2.45) is 0 Å². The Morgan fingerprint density at radius 2 is 1.22 bits per heavy atom. The van der Waals surface area contributed by atoms with Crippen LogP contribution in [0, 0.1) is 0 Å². The number of halogens is 11. The van der Waals surface area contributed by atoms with Crippen LogP contribution >= 0.6 is 0 Å². The van der Waals surface area contributed by atoms with Crippen molar-refractivity contribution in [3.63, 3.8) is 0 Å². The largest absolute Gasteiger partial charge is 0.462 e. The lowest BCUT2D eigenvalue weighted by atomic mass is 9.98. The lowest BCUT2D eigenvalue weighted by molar-refractivity contribution is -0.397. The van der Waals surface area contributed by atoms with Crippen molar-refractivity contribution in [3.05, 3.63) is 0 Å². The van der Waals surface area contributed by atoms with Crippen molar-refractivity contribution in [3.8, 4) is 0 Å². The van der Waals surface area contributed by atoms with Gasteiger partial charge >= 0.3 is 35.8 Å². The predicted molar refractivity (Wildman–Crippen MR) is 51.7 cm³/mol. The van der Waals surface area contributed by atoms with Crippen LogP contribution in [0.4, 0.5) is 48.3 Å². The van der Waals surface area contributed by atoms with Crippen molar-refractivity contribution in [2.75, 3.05) is 6.61 Å². The van der Waals surface area contributed by atoms with Gasteiger partial charge in [0.15, 0.2) is 0 Å². The number of carbonyl (C=O) groups excluding carboxylic acids is 1. The molecule has 0 aliphatic rings. The fraction of sp³-hybridized carbons (Fsp3) is 0.900. The summed E-state index contributed by atoms with van der Waals surface area (Å²) in [4.78, 5) is 10.7. The maximum atomic E-state index is 13.0. The molecule has 23 heavy (non-hydrogen) atoms. The number of rotatable bonds is 7. The molecular formula is C10H9F11O2. The Kier molecular flexibility index (Phi) is 5.95. The van der Waals surface area contributed by atoms with Gasteiger partial charge in [-0.15, -0.1) is 0 Å². The Morgan fingerprint density at radius 3 is 1.57 bits per heavy atom. The van der Waals surface area contributed by atoms with E-state index in [9.17, 15) is 53.1 Å². The number of esters is 1. The molecular weight excluding hydrogens is 361 g/mol. The summed E-state index contributed by atoms with van der Waals surface area (Å²) in [5.74, 6) is -27.5. The van der Waals surface area contributed by atoms with Gasteiger partial charge in [-0.05, 0) is 6.92 Å². The first-order chi connectivity index (χ1) is 9.94. The molecule has 0 bridgehead atoms. The van der Waals surface area contributed by atoms with Crippen LogP contribution in [-0.4, -0.2) is 42.4 Å². The zero-order valence-corrected chi connectivity index (χ0v) is 11.1. The molecule has 0 radical (unpaired) electrons. The molecule has 0 rings (SSSR count). The van der Waals surface area contributed by atoms with E-state index in [1.807, 2.05) is 0 Å². The Labute approximate surface area is 121 Å². The third-order valence-electron chi connectivity index (χ3n) is 2.54. The van der Waals surface area contributed by atoms with Gasteiger partial charge in [-0.1, -0.05) is 0 Å². The van der Waals surface area contributed by atoms with Gasteiger partial charge in [0, 0.05) is 12.8 Å². The Bertz CT molecular complexity index is 427. The van der Waals surface area contributed by atoms with Crippen LogP contribution in [0.25, 0.3) is 0 Å². The minimum Gasteiger partial charge on any atom is -0.462 e. The van der Waals surface area contributed by atoms with E-state index in [0.29, 0.717) is 0 Å². The summed E-state index contributed by atoms with van der Waals surface area (Å²) < 4.78 is 142. The molecule has 0 aromatic carbocycles. The van der Waals surface area contributed by atoms with Crippen LogP contribution in [0.2, 0.25) is 0 Å². The molecule has 0 amide bonds. The maximum absolute atomic E-state index is 13.0. The highest BCUT2D eigenvalue weighted by molar-refractivity contribution is 5.77. The summed E-state index contributed by atoms with van der Waals surface area (Å²) in [6.07, 6.45) is -12.3. The molecule has 0 N–H and O–H groups in total. The van der Waals surface area contributed by atoms with Crippen molar-refractivity contribution in [1.29, 1.82) is 0 Å². The second-order valence-corrected chi connectivity index (χ2v) is 4.28. The van der Waals surface area contributed by atoms with E-state index in [4.69, 9.17) is 0 Å². The molecule has 0 heterocycles. The van der Waals surface area contributed by atoms with Gasteiger partial charge in [-0.25, -0.2) is 4.79 Å². The zero-order chi connectivity index (χ0) is 18.9. The molecule has 0 saturated carbocycles. The second kappa shape index (κ2) is 6.30. The zero-order valence-electron chi connectivity index (χ0n) is 11.1. The Morgan fingerprint density at radius 1 is 0.783 bits per heavy atom. The number of hydrogen-bond acceptors (Lipinski definition) is 2. The van der Waals surface area contributed by atoms with E-state index < -0.39 is 55.3 Å². The minimum atomic E-state index is -7.16. The summed E-state index contributed by atoms with van der Waals surface area (Å²) in [5.41, 5.74) is 0. The molecule has 0 fully saturated rings. The molecule has 0 spiro atoms. The maximum Gasteiger partial charge on any atom is 0.460 e. The van der Waals surface area contributed by atoms with Gasteiger partial charge in [0.1, 0.15) is 0 Å². The Hall–Kier alpha value is -1.30. The molecule has 0 unspecified atom stereocenters. The summed E-state index contributed by atoms with van der Waals surface area (Å²) in [6.45, 7) is 0.410. The number of carbonyl (C=O) groups is 1. The molecule has 0 aromatic heterocycles. The molecule has 138 valence electrons. The van der Waals surface area contributed by atoms with E-state index >= 15 is 0 Å². The van der Waals surface area contributed by atoms with Crippen molar-refractivity contribution >= 4 is 5.97 Å². The quantitative estimate of drug-likeness (QED) is 0.490. The van der Waals surface area contributed by atoms with Crippen LogP contribution in [0.3, 0.4) is 0 Å². The fourth-order valence-electron chi connectivity index (χ4n) is 1.22. The molecule has 0 aliphatic heterocycles. The van der Waals surface area contributed by atoms with Crippen LogP contribution < -0.4 is 0 Å². The highest BCUT2D eigenvalue weighted by atomic mass is 19.4. The van der Waals surface area contributed by atoms with E-state index in [2.05, 4.69) is 4.74 Å². The highest BCUT2D eigenvalue weighted by Gasteiger charge is 2.81. The van der Waals surface area contributed by atoms with Crippen LogP contribution in [0.1, 0.15) is 19.8 Å². The van der Waals surface area contributed by atoms with Gasteiger partial charge in [0.2, 0.25) is 0 Å². The van der Waals surface area contributed by atoms with Crippen molar-refractivity contribution in [2.45, 2.75) is 49.6 Å². The normalized spacial score (nSPS) is 14.8. The van der Waals surface area contributed by atoms with Gasteiger partial charge in [-0.3, -0.25) is 0 Å². The van der Waals surface area contributed by atoms with E-state index in [1.54, 1.807) is 0 Å². The summed E-state index contributed by atoms with van der Waals surface area (Å²) in [6, 6.07) is 0.